The second-order valence-electron chi connectivity index (χ2n) is 7.66. The Morgan fingerprint density at radius 1 is 1.04 bits per heavy atom. The molecule has 0 aromatic carbocycles. The van der Waals surface area contributed by atoms with Crippen molar-refractivity contribution in [3.63, 3.8) is 0 Å². The van der Waals surface area contributed by atoms with E-state index in [1.165, 1.54) is 32.1 Å². The molecule has 162 valence electrons. The van der Waals surface area contributed by atoms with Crippen LogP contribution in [-0.4, -0.2) is 55.4 Å². The lowest BCUT2D eigenvalue weighted by molar-refractivity contribution is -0.124. The Kier molecular flexibility index (Phi) is 16.5. The van der Waals surface area contributed by atoms with Gasteiger partial charge < -0.3 is 19.9 Å². The highest BCUT2D eigenvalue weighted by Gasteiger charge is 2.13. The summed E-state index contributed by atoms with van der Waals surface area (Å²) in [5, 5.41) is 10.9. The predicted molar refractivity (Wildman–Crippen MR) is 110 cm³/mol. The zero-order valence-electron chi connectivity index (χ0n) is 17.8. The van der Waals surface area contributed by atoms with Crippen LogP contribution in [0, 0.1) is 5.92 Å². The maximum absolute atomic E-state index is 11.6. The van der Waals surface area contributed by atoms with Crippen LogP contribution in [0.15, 0.2) is 0 Å². The predicted octanol–water partition coefficient (Wildman–Crippen LogP) is 3.50. The van der Waals surface area contributed by atoms with E-state index in [0.29, 0.717) is 45.3 Å². The highest BCUT2D eigenvalue weighted by atomic mass is 16.5. The number of ether oxygens (including phenoxy) is 2. The molecule has 0 radical (unpaired) electrons. The molecular weight excluding hydrogens is 346 g/mol. The van der Waals surface area contributed by atoms with E-state index in [4.69, 9.17) is 14.6 Å². The fourth-order valence-electron chi connectivity index (χ4n) is 2.63. The number of hydrogen-bond acceptors (Lipinski definition) is 5. The molecule has 2 N–H and O–H groups in total. The summed E-state index contributed by atoms with van der Waals surface area (Å²) in [6, 6.07) is 0. The molecule has 0 aromatic rings. The first-order valence-corrected chi connectivity index (χ1v) is 10.5. The van der Waals surface area contributed by atoms with Crippen LogP contribution in [0.25, 0.3) is 0 Å². The van der Waals surface area contributed by atoms with Gasteiger partial charge in [-0.3, -0.25) is 9.59 Å². The van der Waals surface area contributed by atoms with Crippen LogP contribution < -0.4 is 5.32 Å². The van der Waals surface area contributed by atoms with Gasteiger partial charge in [-0.05, 0) is 33.1 Å². The first kappa shape index (κ1) is 26.0. The summed E-state index contributed by atoms with van der Waals surface area (Å²) in [5.74, 6) is 0.320. The van der Waals surface area contributed by atoms with Gasteiger partial charge in [-0.2, -0.15) is 0 Å². The highest BCUT2D eigenvalue weighted by molar-refractivity contribution is 5.80. The summed E-state index contributed by atoms with van der Waals surface area (Å²) in [5.41, 5.74) is 0. The summed E-state index contributed by atoms with van der Waals surface area (Å²) in [6.45, 7) is 9.28. The summed E-state index contributed by atoms with van der Waals surface area (Å²) in [4.78, 5) is 23.0. The Morgan fingerprint density at radius 2 is 1.67 bits per heavy atom. The summed E-state index contributed by atoms with van der Waals surface area (Å²) in [6.07, 6.45) is 8.17. The average Bonchev–Trinajstić information content (AvgIpc) is 2.61. The smallest absolute Gasteiger partial charge is 0.220 e. The van der Waals surface area contributed by atoms with Gasteiger partial charge in [0, 0.05) is 39.4 Å². The largest absolute Gasteiger partial charge is 0.394 e. The van der Waals surface area contributed by atoms with Gasteiger partial charge in [-0.1, -0.05) is 33.1 Å². The van der Waals surface area contributed by atoms with E-state index >= 15 is 0 Å². The molecule has 1 fully saturated rings. The molecule has 1 aliphatic carbocycles. The Balaban J connectivity index is 0. The number of amides is 1. The number of aliphatic hydroxyl groups excluding tert-OH is 1. The minimum absolute atomic E-state index is 0. The van der Waals surface area contributed by atoms with Gasteiger partial charge in [0.1, 0.15) is 5.78 Å². The second-order valence-corrected chi connectivity index (χ2v) is 7.66. The van der Waals surface area contributed by atoms with Crippen LogP contribution in [0.3, 0.4) is 0 Å². The van der Waals surface area contributed by atoms with Gasteiger partial charge in [-0.25, -0.2) is 0 Å². The third kappa shape index (κ3) is 18.2. The van der Waals surface area contributed by atoms with E-state index in [1.54, 1.807) is 13.8 Å². The molecule has 1 rings (SSSR count). The molecule has 1 amide bonds. The maximum Gasteiger partial charge on any atom is 0.220 e. The van der Waals surface area contributed by atoms with Crippen molar-refractivity contribution >= 4 is 11.7 Å². The molecule has 0 bridgehead atoms. The standard InChI is InChI=1S/C18H33NO4.C3H8O.H2/c1-15(2)17(20)10-13-22-14-11-19-18(21)9-6-12-23-16-7-4-3-5-8-16;1-3(2)4;/h15-16H,3-14H2,1-2H3,(H,19,21);3-4H,1-2H3;1H. The molecule has 6 heteroatoms. The molecule has 6 nitrogen and oxygen atoms in total. The number of ketones is 1. The number of aliphatic hydroxyl groups is 1. The number of hydrogen-bond donors (Lipinski definition) is 2. The van der Waals surface area contributed by atoms with Gasteiger partial charge >= 0.3 is 0 Å². The van der Waals surface area contributed by atoms with Crippen molar-refractivity contribution in [1.29, 1.82) is 0 Å². The lowest BCUT2D eigenvalue weighted by Gasteiger charge is -2.21. The Labute approximate surface area is 166 Å². The van der Waals surface area contributed by atoms with Crippen molar-refractivity contribution in [2.45, 2.75) is 91.3 Å². The number of carbonyl (C=O) groups excluding carboxylic acids is 2. The Morgan fingerprint density at radius 3 is 2.26 bits per heavy atom. The van der Waals surface area contributed by atoms with Crippen molar-refractivity contribution in [3.05, 3.63) is 0 Å². The highest BCUT2D eigenvalue weighted by Crippen LogP contribution is 2.20. The number of Topliss-reactive ketones (excluding diaryl/α,β-unsaturated/α-hetero) is 1. The van der Waals surface area contributed by atoms with Gasteiger partial charge in [0.25, 0.3) is 0 Å². The quantitative estimate of drug-likeness (QED) is 0.499. The van der Waals surface area contributed by atoms with Gasteiger partial charge in [0.05, 0.1) is 19.3 Å². The molecule has 0 spiro atoms. The number of carbonyl (C=O) groups is 2. The average molecular weight is 390 g/mol. The molecule has 0 aliphatic heterocycles. The van der Waals surface area contributed by atoms with Crippen LogP contribution in [-0.2, 0) is 19.1 Å². The van der Waals surface area contributed by atoms with E-state index < -0.39 is 0 Å². The van der Waals surface area contributed by atoms with E-state index in [1.807, 2.05) is 13.8 Å². The third-order valence-electron chi connectivity index (χ3n) is 4.16. The minimum atomic E-state index is -0.167. The molecule has 0 atom stereocenters. The van der Waals surface area contributed by atoms with E-state index in [0.717, 1.165) is 6.42 Å². The van der Waals surface area contributed by atoms with Crippen molar-refractivity contribution in [1.82, 2.24) is 5.32 Å². The lowest BCUT2D eigenvalue weighted by atomic mass is 9.98. The lowest BCUT2D eigenvalue weighted by Crippen LogP contribution is -2.27. The first-order valence-electron chi connectivity index (χ1n) is 10.5. The molecular formula is C21H43NO5. The number of nitrogens with one attached hydrogen (secondary N) is 1. The number of rotatable bonds is 12. The summed E-state index contributed by atoms with van der Waals surface area (Å²) in [7, 11) is 0. The van der Waals surface area contributed by atoms with E-state index in [-0.39, 0.29) is 25.1 Å². The van der Waals surface area contributed by atoms with E-state index in [9.17, 15) is 9.59 Å². The van der Waals surface area contributed by atoms with Crippen LogP contribution in [0.2, 0.25) is 0 Å². The zero-order valence-corrected chi connectivity index (χ0v) is 17.8. The first-order chi connectivity index (χ1) is 12.8. The summed E-state index contributed by atoms with van der Waals surface area (Å²) >= 11 is 0. The second kappa shape index (κ2) is 17.1. The minimum Gasteiger partial charge on any atom is -0.394 e. The van der Waals surface area contributed by atoms with Crippen LogP contribution in [0.4, 0.5) is 0 Å². The van der Waals surface area contributed by atoms with Crippen molar-refractivity contribution in [3.8, 4) is 0 Å². The van der Waals surface area contributed by atoms with Crippen molar-refractivity contribution < 1.29 is 25.6 Å². The molecule has 27 heavy (non-hydrogen) atoms. The third-order valence-corrected chi connectivity index (χ3v) is 4.16. The molecule has 0 heterocycles. The van der Waals surface area contributed by atoms with Crippen molar-refractivity contribution in [2.75, 3.05) is 26.4 Å². The molecule has 0 saturated heterocycles. The molecule has 0 unspecified atom stereocenters. The topological polar surface area (TPSA) is 84.9 Å². The monoisotopic (exact) mass is 389 g/mol. The maximum atomic E-state index is 11.6. The Hall–Kier alpha value is -0.980. The molecule has 0 aromatic heterocycles. The fraction of sp³-hybridized carbons (Fsp3) is 0.905. The Bertz CT molecular complexity index is 382. The zero-order chi connectivity index (χ0) is 20.5. The molecule has 1 aliphatic rings. The van der Waals surface area contributed by atoms with Gasteiger partial charge in [-0.15, -0.1) is 0 Å². The normalized spacial score (nSPS) is 14.8. The van der Waals surface area contributed by atoms with Gasteiger partial charge in [0.2, 0.25) is 5.91 Å². The van der Waals surface area contributed by atoms with Crippen LogP contribution in [0.5, 0.6) is 0 Å². The van der Waals surface area contributed by atoms with Crippen molar-refractivity contribution in [2.24, 2.45) is 5.92 Å². The fourth-order valence-corrected chi connectivity index (χ4v) is 2.63. The molecule has 1 saturated carbocycles. The summed E-state index contributed by atoms with van der Waals surface area (Å²) < 4.78 is 11.1. The van der Waals surface area contributed by atoms with Crippen LogP contribution in [0.1, 0.15) is 80.5 Å². The van der Waals surface area contributed by atoms with E-state index in [2.05, 4.69) is 5.32 Å². The SMILES string of the molecule is CC(C)C(=O)CCOCCNC(=O)CCCOC1CCCCC1.CC(C)O.[HH]. The van der Waals surface area contributed by atoms with Gasteiger partial charge in [0.15, 0.2) is 0 Å². The van der Waals surface area contributed by atoms with Crippen LogP contribution >= 0.6 is 0 Å².